The van der Waals surface area contributed by atoms with E-state index in [1.165, 1.54) is 0 Å². The van der Waals surface area contributed by atoms with Gasteiger partial charge in [0, 0.05) is 19.0 Å². The second-order valence-corrected chi connectivity index (χ2v) is 9.22. The minimum Gasteiger partial charge on any atom is -0.508 e. The maximum atomic E-state index is 12.3. The Morgan fingerprint density at radius 3 is 2.67 bits per heavy atom. The number of nitrogens with zero attached hydrogens (tertiary/aromatic N) is 3. The highest BCUT2D eigenvalue weighted by molar-refractivity contribution is 7.24. The maximum Gasteiger partial charge on any atom is 0.410 e. The average molecular weight is 388 g/mol. The van der Waals surface area contributed by atoms with E-state index >= 15 is 0 Å². The lowest BCUT2D eigenvalue weighted by atomic mass is 9.96. The lowest BCUT2D eigenvalue weighted by Crippen LogP contribution is -2.41. The predicted molar refractivity (Wildman–Crippen MR) is 107 cm³/mol. The molecule has 0 bridgehead atoms. The number of benzene rings is 1. The summed E-state index contributed by atoms with van der Waals surface area (Å²) in [5.74, 6) is 1.64. The molecule has 1 aromatic carbocycles. The smallest absolute Gasteiger partial charge is 0.410 e. The third-order valence-electron chi connectivity index (χ3n) is 4.93. The van der Waals surface area contributed by atoms with Crippen LogP contribution in [0.1, 0.15) is 51.0 Å². The van der Waals surface area contributed by atoms with Crippen molar-refractivity contribution in [2.75, 3.05) is 13.1 Å². The van der Waals surface area contributed by atoms with Crippen molar-refractivity contribution in [1.29, 1.82) is 0 Å². The molecule has 1 fully saturated rings. The molecule has 3 heterocycles. The number of thiazole rings is 1. The number of aromatic hydroxyl groups is 1. The minimum atomic E-state index is -0.471. The number of rotatable bonds is 1. The minimum absolute atomic E-state index is 0.234. The number of imidazole rings is 1. The summed E-state index contributed by atoms with van der Waals surface area (Å²) >= 11 is 1.66. The van der Waals surface area contributed by atoms with Crippen LogP contribution in [0.3, 0.4) is 0 Å². The van der Waals surface area contributed by atoms with Crippen molar-refractivity contribution in [1.82, 2.24) is 14.3 Å². The molecule has 1 aliphatic rings. The van der Waals surface area contributed by atoms with Crippen LogP contribution < -0.4 is 0 Å². The zero-order chi connectivity index (χ0) is 19.3. The van der Waals surface area contributed by atoms with E-state index in [2.05, 4.69) is 4.40 Å². The molecule has 0 saturated carbocycles. The molecule has 1 saturated heterocycles. The molecule has 0 radical (unpaired) electrons. The summed E-state index contributed by atoms with van der Waals surface area (Å²) in [5.41, 5.74) is 1.62. The van der Waals surface area contributed by atoms with Crippen LogP contribution in [0, 0.1) is 6.92 Å². The van der Waals surface area contributed by atoms with Gasteiger partial charge < -0.3 is 14.7 Å². The number of ether oxygens (including phenoxy) is 1. The van der Waals surface area contributed by atoms with Crippen LogP contribution >= 0.6 is 11.3 Å². The van der Waals surface area contributed by atoms with E-state index < -0.39 is 5.60 Å². The van der Waals surface area contributed by atoms with Crippen molar-refractivity contribution in [2.24, 2.45) is 0 Å². The Morgan fingerprint density at radius 2 is 2.00 bits per heavy atom. The number of amides is 1. The van der Waals surface area contributed by atoms with Gasteiger partial charge in [0.1, 0.15) is 22.0 Å². The molecule has 6 nitrogen and oxygen atoms in total. The Morgan fingerprint density at radius 1 is 1.30 bits per heavy atom. The van der Waals surface area contributed by atoms with E-state index in [1.54, 1.807) is 28.4 Å². The topological polar surface area (TPSA) is 67.1 Å². The van der Waals surface area contributed by atoms with E-state index in [4.69, 9.17) is 9.72 Å². The van der Waals surface area contributed by atoms with Crippen LogP contribution in [0.4, 0.5) is 4.79 Å². The second kappa shape index (κ2) is 6.41. The summed E-state index contributed by atoms with van der Waals surface area (Å²) in [6, 6.07) is 5.48. The molecule has 0 unspecified atom stereocenters. The highest BCUT2D eigenvalue weighted by atomic mass is 32.1. The number of carbonyl (C=O) groups is 1. The van der Waals surface area contributed by atoms with Gasteiger partial charge in [0.15, 0.2) is 0 Å². The van der Waals surface area contributed by atoms with Gasteiger partial charge in [0.25, 0.3) is 0 Å². The van der Waals surface area contributed by atoms with E-state index in [9.17, 15) is 9.90 Å². The monoisotopic (exact) mass is 387 g/mol. The number of hydrogen-bond acceptors (Lipinski definition) is 5. The number of phenols is 1. The molecular weight excluding hydrogens is 362 g/mol. The molecule has 2 aromatic heterocycles. The molecule has 1 aliphatic heterocycles. The Balaban J connectivity index is 1.59. The number of carbonyl (C=O) groups excluding carboxylic acids is 1. The number of phenolic OH excluding ortho intramolecular Hbond substituents is 1. The van der Waals surface area contributed by atoms with E-state index in [1.807, 2.05) is 33.8 Å². The molecule has 144 valence electrons. The number of hydrogen-bond donors (Lipinski definition) is 1. The zero-order valence-corrected chi connectivity index (χ0v) is 17.0. The summed E-state index contributed by atoms with van der Waals surface area (Å²) in [4.78, 5) is 20.1. The summed E-state index contributed by atoms with van der Waals surface area (Å²) in [6.45, 7) is 9.06. The predicted octanol–water partition coefficient (Wildman–Crippen LogP) is 4.68. The molecular formula is C20H25N3O3S. The van der Waals surface area contributed by atoms with E-state index in [0.29, 0.717) is 19.0 Å². The third kappa shape index (κ3) is 3.36. The summed E-state index contributed by atoms with van der Waals surface area (Å²) in [7, 11) is 0. The first kappa shape index (κ1) is 18.1. The molecule has 0 spiro atoms. The van der Waals surface area contributed by atoms with Gasteiger partial charge in [-0.1, -0.05) is 0 Å². The van der Waals surface area contributed by atoms with Crippen LogP contribution in [-0.4, -0.2) is 44.2 Å². The number of aryl methyl sites for hydroxylation is 1. The maximum absolute atomic E-state index is 12.3. The Bertz CT molecular complexity index is 1010. The second-order valence-electron chi connectivity index (χ2n) is 8.19. The van der Waals surface area contributed by atoms with Crippen molar-refractivity contribution in [3.8, 4) is 5.75 Å². The van der Waals surface area contributed by atoms with Crippen LogP contribution in [-0.2, 0) is 4.74 Å². The largest absolute Gasteiger partial charge is 0.508 e. The Labute approximate surface area is 162 Å². The first-order valence-corrected chi connectivity index (χ1v) is 10.1. The lowest BCUT2D eigenvalue weighted by molar-refractivity contribution is 0.0203. The fourth-order valence-corrected chi connectivity index (χ4v) is 4.81. The van der Waals surface area contributed by atoms with Crippen LogP contribution in [0.2, 0.25) is 0 Å². The molecule has 4 rings (SSSR count). The Hall–Kier alpha value is -2.28. The highest BCUT2D eigenvalue weighted by Gasteiger charge is 2.30. The molecule has 3 aromatic rings. The molecule has 1 amide bonds. The summed E-state index contributed by atoms with van der Waals surface area (Å²) in [5, 5.41) is 9.77. The van der Waals surface area contributed by atoms with Gasteiger partial charge in [-0.05, 0) is 58.7 Å². The van der Waals surface area contributed by atoms with Crippen LogP contribution in [0.25, 0.3) is 15.0 Å². The van der Waals surface area contributed by atoms with Crippen molar-refractivity contribution >= 4 is 32.5 Å². The number of piperidine rings is 1. The van der Waals surface area contributed by atoms with Crippen molar-refractivity contribution in [2.45, 2.75) is 52.1 Å². The quantitative estimate of drug-likeness (QED) is 0.658. The lowest BCUT2D eigenvalue weighted by Gasteiger charge is -2.33. The standard InChI is InChI=1S/C20H25N3O3S/c1-12-18-23(15-6-5-14(24)11-16(15)27-18)17(21-12)13-7-9-22(10-8-13)19(25)26-20(2,3)4/h5-6,11,13,24H,7-10H2,1-4H3. The normalized spacial score (nSPS) is 16.4. The SMILES string of the molecule is Cc1nc(C2CCN(C(=O)OC(C)(C)C)CC2)n2c1sc1cc(O)ccc12. The number of likely N-dealkylation sites (tertiary alicyclic amines) is 1. The summed E-state index contributed by atoms with van der Waals surface area (Å²) < 4.78 is 8.78. The van der Waals surface area contributed by atoms with Gasteiger partial charge in [-0.2, -0.15) is 0 Å². The fraction of sp³-hybridized carbons (Fsp3) is 0.500. The number of aromatic nitrogens is 2. The third-order valence-corrected chi connectivity index (χ3v) is 6.14. The van der Waals surface area contributed by atoms with Gasteiger partial charge in [0.2, 0.25) is 0 Å². The zero-order valence-electron chi connectivity index (χ0n) is 16.2. The summed E-state index contributed by atoms with van der Waals surface area (Å²) in [6.07, 6.45) is 1.50. The van der Waals surface area contributed by atoms with Gasteiger partial charge in [0.05, 0.1) is 15.9 Å². The van der Waals surface area contributed by atoms with Gasteiger partial charge in [-0.3, -0.25) is 4.40 Å². The molecule has 1 N–H and O–H groups in total. The first-order chi connectivity index (χ1) is 12.7. The molecule has 0 atom stereocenters. The van der Waals surface area contributed by atoms with Crippen LogP contribution in [0.15, 0.2) is 18.2 Å². The molecule has 7 heteroatoms. The van der Waals surface area contributed by atoms with Crippen molar-refractivity contribution in [3.05, 3.63) is 29.7 Å². The highest BCUT2D eigenvalue weighted by Crippen LogP contribution is 2.36. The molecule has 0 aliphatic carbocycles. The fourth-order valence-electron chi connectivity index (χ4n) is 3.68. The van der Waals surface area contributed by atoms with Crippen molar-refractivity contribution in [3.63, 3.8) is 0 Å². The van der Waals surface area contributed by atoms with Crippen LogP contribution in [0.5, 0.6) is 5.75 Å². The Kier molecular flexibility index (Phi) is 4.29. The molecule has 27 heavy (non-hydrogen) atoms. The first-order valence-electron chi connectivity index (χ1n) is 9.31. The van der Waals surface area contributed by atoms with Gasteiger partial charge in [-0.15, -0.1) is 11.3 Å². The van der Waals surface area contributed by atoms with Gasteiger partial charge in [-0.25, -0.2) is 9.78 Å². The average Bonchev–Trinajstić information content (AvgIpc) is 3.11. The number of fused-ring (bicyclic) bond motifs is 3. The van der Waals surface area contributed by atoms with E-state index in [0.717, 1.165) is 39.4 Å². The van der Waals surface area contributed by atoms with Crippen molar-refractivity contribution < 1.29 is 14.6 Å². The van der Waals surface area contributed by atoms with Gasteiger partial charge >= 0.3 is 6.09 Å². The van der Waals surface area contributed by atoms with E-state index in [-0.39, 0.29) is 11.8 Å².